The first kappa shape index (κ1) is 88.2. The molecule has 0 N–H and O–H groups in total. The van der Waals surface area contributed by atoms with Crippen molar-refractivity contribution in [1.82, 2.24) is 0 Å². The van der Waals surface area contributed by atoms with Gasteiger partial charge in [0.2, 0.25) is 0 Å². The van der Waals surface area contributed by atoms with E-state index >= 15 is 4.79 Å². The highest BCUT2D eigenvalue weighted by Gasteiger charge is 2.56. The predicted molar refractivity (Wildman–Crippen MR) is 416 cm³/mol. The van der Waals surface area contributed by atoms with Crippen LogP contribution < -0.4 is 0 Å². The first-order chi connectivity index (χ1) is 42.9. The molecule has 0 unspecified atom stereocenters. The van der Waals surface area contributed by atoms with Crippen molar-refractivity contribution in [3.05, 3.63) is 47.6 Å². The first-order valence-electron chi connectivity index (χ1n) is 36.0. The molecule has 17 atom stereocenters. The summed E-state index contributed by atoms with van der Waals surface area (Å²) < 4.78 is 78.5. The first-order valence-corrected chi connectivity index (χ1v) is 52.6. The lowest BCUT2D eigenvalue weighted by Gasteiger charge is -2.52. The molecule has 20 heteroatoms. The smallest absolute Gasteiger partial charge is 0.331 e. The summed E-state index contributed by atoms with van der Waals surface area (Å²) in [6.45, 7) is 69.1. The normalized spacial score (nSPS) is 30.3. The number of Topliss-reactive ketones (excluding diaryl/α,β-unsaturated/α-hetero) is 1. The number of unbranched alkanes of at least 4 members (excludes halogenated alkanes) is 2. The number of hydrogen-bond acceptors (Lipinski definition) is 13. The number of hydrogen-bond donors (Lipinski definition) is 0. The second-order valence-corrected chi connectivity index (χ2v) is 60.5. The third-order valence-corrected chi connectivity index (χ3v) is 47.9. The summed E-state index contributed by atoms with van der Waals surface area (Å²) in [5.41, 5.74) is 1.12. The number of alkyl halides is 2. The number of methoxy groups -OCH3 is 1. The minimum atomic E-state index is -2.68. The van der Waals surface area contributed by atoms with Crippen LogP contribution in [0.2, 0.25) is 90.7 Å². The fourth-order valence-electron chi connectivity index (χ4n) is 12.2. The lowest BCUT2D eigenvalue weighted by Crippen LogP contribution is -2.64. The monoisotopic (exact) mass is 1580 g/mol. The fraction of sp³-hybridized carbons (Fsp3) is 0.865. The topological polar surface area (TPSA) is 136 Å². The van der Waals surface area contributed by atoms with Crippen molar-refractivity contribution < 1.29 is 60.1 Å². The molecule has 548 valence electrons. The molecule has 2 bridgehead atoms. The summed E-state index contributed by atoms with van der Waals surface area (Å²) in [6, 6.07) is 2.99. The van der Waals surface area contributed by atoms with Crippen molar-refractivity contribution >= 4 is 91.9 Å². The average Bonchev–Trinajstić information content (AvgIpc) is 0.996. The zero-order valence-electron chi connectivity index (χ0n) is 65.5. The maximum absolute atomic E-state index is 16.0. The minimum Gasteiger partial charge on any atom is -0.456 e. The van der Waals surface area contributed by atoms with E-state index in [0.717, 1.165) is 61.4 Å². The van der Waals surface area contributed by atoms with Gasteiger partial charge in [0.05, 0.1) is 46.7 Å². The number of cyclic esters (lactones) is 1. The second-order valence-electron chi connectivity index (χ2n) is 34.6. The van der Waals surface area contributed by atoms with Gasteiger partial charge in [-0.3, -0.25) is 4.79 Å². The van der Waals surface area contributed by atoms with E-state index < -0.39 is 102 Å². The SMILES string of the molecule is CCCCC[C@@H]1OCO[C@@]2(C)/C=C(C)/C=C/C(=O)O[C@H]([C@@H](C)[C@@H](O[Si](C)(C)C(C)(C)C)[C@H](C)C(=O)C[C@@H](O[C@@H]3O[C@H](CBr)[C@@H](O[Si](C)(C)C(C)(C)C)[C@H](O[Si](C)(C)C(C)(C)C)[C@H]3I)[C@H](C)[C@@H](C)O[Si](C)(C)C(C)(C)C)[C@@H](OC)/C=C/C=C(\C)C[C@H]1[C@@H]2O[Si](CC)(CC)CC. The molecule has 3 heterocycles. The Balaban J connectivity index is 2.35. The fourth-order valence-corrected chi connectivity index (χ4v) is 22.4. The standard InChI is InChI=1S/C74H140BrIO13Si5/c1-33-37-38-41-58-56-45-50(5)40-39-42-59(79-24)65(84-62(78)44-43-51(6)47-74(23,81-49-80-58)68(56)89-94(34-2,35-3)36-4)54(9)64(86-91(27,28)71(14,15)16)53(8)57(77)46-60(52(7)55(10)85-90(25,26)70(11,12)13)82-69-63(76)67(88-93(31,32)73(20,21)22)66(61(48-75)83-69)87-92(29,30)72(17,18)19/h39-40,42-44,47,52-56,58-61,63-69H,33-38,41,45-46,48-49H2,1-32H3/b42-39+,44-43+,50-40+,51-47+/t52-,53-,54+,55-,56-,58+,59+,60-,61-,63-,64+,65-,66-,67-,68+,69-,74+/m1/s1. The summed E-state index contributed by atoms with van der Waals surface area (Å²) in [7, 11) is -10.3. The Kier molecular flexibility index (Phi) is 33.7. The van der Waals surface area contributed by atoms with Gasteiger partial charge in [-0.15, -0.1) is 0 Å². The number of fused-ring (bicyclic) bond motifs is 2. The van der Waals surface area contributed by atoms with Crippen molar-refractivity contribution in [2.45, 2.75) is 365 Å². The van der Waals surface area contributed by atoms with Gasteiger partial charge in [-0.1, -0.05) is 225 Å². The summed E-state index contributed by atoms with van der Waals surface area (Å²) in [5.74, 6) is -2.10. The molecule has 0 spiro atoms. The zero-order chi connectivity index (χ0) is 72.3. The Labute approximate surface area is 603 Å². The van der Waals surface area contributed by atoms with Crippen LogP contribution in [-0.4, -0.2) is 149 Å². The third-order valence-electron chi connectivity index (χ3n) is 23.4. The maximum Gasteiger partial charge on any atom is 0.331 e. The summed E-state index contributed by atoms with van der Waals surface area (Å²) in [4.78, 5) is 30.8. The van der Waals surface area contributed by atoms with Crippen LogP contribution in [0, 0.1) is 23.7 Å². The molecule has 3 aliphatic rings. The lowest BCUT2D eigenvalue weighted by molar-refractivity contribution is -0.254. The van der Waals surface area contributed by atoms with E-state index in [1.807, 2.05) is 32.1 Å². The molecule has 3 aliphatic heterocycles. The van der Waals surface area contributed by atoms with E-state index in [9.17, 15) is 4.79 Å². The average molecular weight is 1590 g/mol. The van der Waals surface area contributed by atoms with E-state index in [2.05, 4.69) is 248 Å². The molecule has 0 radical (unpaired) electrons. The van der Waals surface area contributed by atoms with Crippen molar-refractivity contribution in [3.8, 4) is 0 Å². The Morgan fingerprint density at radius 1 is 0.745 bits per heavy atom. The molecule has 2 saturated heterocycles. The number of carbonyl (C=O) groups is 2. The Morgan fingerprint density at radius 2 is 1.28 bits per heavy atom. The van der Waals surface area contributed by atoms with E-state index in [4.69, 9.17) is 50.6 Å². The van der Waals surface area contributed by atoms with E-state index in [-0.39, 0.29) is 85.4 Å². The van der Waals surface area contributed by atoms with Crippen molar-refractivity contribution in [2.75, 3.05) is 19.2 Å². The van der Waals surface area contributed by atoms with Gasteiger partial charge in [0.15, 0.2) is 47.9 Å². The molecule has 0 saturated carbocycles. The van der Waals surface area contributed by atoms with Crippen LogP contribution in [0.3, 0.4) is 0 Å². The predicted octanol–water partition coefficient (Wildman–Crippen LogP) is 20.8. The van der Waals surface area contributed by atoms with Gasteiger partial charge < -0.3 is 50.6 Å². The van der Waals surface area contributed by atoms with Crippen LogP contribution in [0.5, 0.6) is 0 Å². The zero-order valence-corrected chi connectivity index (χ0v) is 74.3. The number of ketones is 1. The third kappa shape index (κ3) is 23.5. The van der Waals surface area contributed by atoms with Crippen LogP contribution >= 0.6 is 38.5 Å². The van der Waals surface area contributed by atoms with E-state index in [0.29, 0.717) is 5.33 Å². The molecular weight excluding hydrogens is 1440 g/mol. The minimum absolute atomic E-state index is 0.0161. The highest BCUT2D eigenvalue weighted by atomic mass is 127. The highest BCUT2D eigenvalue weighted by molar-refractivity contribution is 14.1. The summed E-state index contributed by atoms with van der Waals surface area (Å²) in [6.07, 6.45) is 11.0. The number of rotatable bonds is 29. The Morgan fingerprint density at radius 3 is 1.78 bits per heavy atom. The summed E-state index contributed by atoms with van der Waals surface area (Å²) in [5, 5.41) is 0.0619. The van der Waals surface area contributed by atoms with Crippen LogP contribution in [0.15, 0.2) is 47.6 Å². The largest absolute Gasteiger partial charge is 0.456 e. The van der Waals surface area contributed by atoms with Crippen LogP contribution in [0.25, 0.3) is 0 Å². The molecule has 94 heavy (non-hydrogen) atoms. The Hall–Kier alpha value is -0.00558. The van der Waals surface area contributed by atoms with Gasteiger partial charge in [-0.25, -0.2) is 4.79 Å². The van der Waals surface area contributed by atoms with Crippen molar-refractivity contribution in [1.29, 1.82) is 0 Å². The number of carbonyl (C=O) groups excluding carboxylic acids is 2. The van der Waals surface area contributed by atoms with Gasteiger partial charge in [0.1, 0.15) is 30.4 Å². The Bertz CT molecular complexity index is 2480. The van der Waals surface area contributed by atoms with Crippen LogP contribution in [-0.2, 0) is 60.1 Å². The van der Waals surface area contributed by atoms with Crippen molar-refractivity contribution in [3.63, 3.8) is 0 Å². The lowest BCUT2D eigenvalue weighted by atomic mass is 9.79. The van der Waals surface area contributed by atoms with Gasteiger partial charge in [0.25, 0.3) is 0 Å². The molecule has 13 nitrogen and oxygen atoms in total. The molecule has 0 aromatic carbocycles. The van der Waals surface area contributed by atoms with Gasteiger partial charge in [-0.05, 0) is 137 Å². The molecule has 2 fully saturated rings. The quantitative estimate of drug-likeness (QED) is 0.0231. The molecule has 0 aromatic rings. The number of esters is 1. The highest BCUT2D eigenvalue weighted by Crippen LogP contribution is 2.48. The molecular formula is C74H140BrIO13Si5. The van der Waals surface area contributed by atoms with Crippen molar-refractivity contribution in [2.24, 2.45) is 23.7 Å². The van der Waals surface area contributed by atoms with Crippen LogP contribution in [0.1, 0.15) is 198 Å². The number of halogens is 2. The molecule has 0 aromatic heterocycles. The molecule has 3 rings (SSSR count). The maximum atomic E-state index is 16.0. The molecule has 0 amide bonds. The van der Waals surface area contributed by atoms with E-state index in [1.54, 1.807) is 7.11 Å². The molecule has 0 aliphatic carbocycles. The van der Waals surface area contributed by atoms with E-state index in [1.165, 1.54) is 6.08 Å². The number of ether oxygens (including phenoxy) is 6. The second kappa shape index (κ2) is 35.9. The van der Waals surface area contributed by atoms with Crippen LogP contribution in [0.4, 0.5) is 0 Å². The van der Waals surface area contributed by atoms with Gasteiger partial charge >= 0.3 is 5.97 Å². The summed E-state index contributed by atoms with van der Waals surface area (Å²) >= 11 is 6.39. The van der Waals surface area contributed by atoms with Gasteiger partial charge in [0, 0.05) is 54.7 Å². The number of allylic oxidation sites excluding steroid dienone is 5. The van der Waals surface area contributed by atoms with Gasteiger partial charge in [-0.2, -0.15) is 0 Å².